The van der Waals surface area contributed by atoms with E-state index in [1.165, 1.54) is 0 Å². The van der Waals surface area contributed by atoms with Crippen LogP contribution < -0.4 is 4.74 Å². The predicted molar refractivity (Wildman–Crippen MR) is 66.3 cm³/mol. The minimum atomic E-state index is -0.248. The molecule has 0 aliphatic carbocycles. The average molecular weight is 234 g/mol. The highest BCUT2D eigenvalue weighted by Crippen LogP contribution is 2.13. The molecule has 1 heterocycles. The fourth-order valence-electron chi connectivity index (χ4n) is 1.76. The summed E-state index contributed by atoms with van der Waals surface area (Å²) in [7, 11) is 2.06. The summed E-state index contributed by atoms with van der Waals surface area (Å²) in [5, 5.41) is 0. The molecule has 1 fully saturated rings. The van der Waals surface area contributed by atoms with Crippen LogP contribution in [0.15, 0.2) is 24.3 Å². The van der Waals surface area contributed by atoms with E-state index in [9.17, 15) is 4.79 Å². The van der Waals surface area contributed by atoms with Crippen LogP contribution in [0.2, 0.25) is 0 Å². The van der Waals surface area contributed by atoms with Gasteiger partial charge in [-0.2, -0.15) is 0 Å². The van der Waals surface area contributed by atoms with Crippen molar-refractivity contribution in [2.45, 2.75) is 6.92 Å². The van der Waals surface area contributed by atoms with Gasteiger partial charge < -0.3 is 14.5 Å². The molecule has 2 rings (SSSR count). The summed E-state index contributed by atoms with van der Waals surface area (Å²) in [6.07, 6.45) is -0.248. The van der Waals surface area contributed by atoms with Crippen LogP contribution >= 0.6 is 0 Å². The third kappa shape index (κ3) is 3.20. The van der Waals surface area contributed by atoms with Crippen molar-refractivity contribution < 1.29 is 9.53 Å². The minimum Gasteiger partial charge on any atom is -0.410 e. The number of amides is 1. The molecule has 4 heteroatoms. The van der Waals surface area contributed by atoms with Crippen LogP contribution in [0.25, 0.3) is 0 Å². The second-order valence-electron chi connectivity index (χ2n) is 4.47. The number of carbonyl (C=O) groups excluding carboxylic acids is 1. The van der Waals surface area contributed by atoms with Gasteiger partial charge in [0.25, 0.3) is 0 Å². The molecule has 1 saturated heterocycles. The van der Waals surface area contributed by atoms with E-state index in [2.05, 4.69) is 11.9 Å². The van der Waals surface area contributed by atoms with Crippen molar-refractivity contribution >= 4 is 6.09 Å². The smallest absolute Gasteiger partial charge is 0.410 e. The molecule has 1 aliphatic rings. The monoisotopic (exact) mass is 234 g/mol. The van der Waals surface area contributed by atoms with Crippen molar-refractivity contribution in [1.29, 1.82) is 0 Å². The molecule has 0 spiro atoms. The first-order valence-corrected chi connectivity index (χ1v) is 5.87. The molecule has 0 saturated carbocycles. The zero-order chi connectivity index (χ0) is 12.3. The van der Waals surface area contributed by atoms with Gasteiger partial charge in [0.15, 0.2) is 0 Å². The summed E-state index contributed by atoms with van der Waals surface area (Å²) >= 11 is 0. The normalized spacial score (nSPS) is 16.9. The molecule has 0 bridgehead atoms. The first-order valence-electron chi connectivity index (χ1n) is 5.87. The number of hydrogen-bond donors (Lipinski definition) is 0. The van der Waals surface area contributed by atoms with Crippen molar-refractivity contribution in [3.8, 4) is 5.75 Å². The van der Waals surface area contributed by atoms with Gasteiger partial charge in [-0.3, -0.25) is 0 Å². The molecule has 1 aromatic rings. The second-order valence-corrected chi connectivity index (χ2v) is 4.47. The van der Waals surface area contributed by atoms with Crippen LogP contribution in [-0.2, 0) is 0 Å². The highest BCUT2D eigenvalue weighted by atomic mass is 16.6. The summed E-state index contributed by atoms with van der Waals surface area (Å²) in [6, 6.07) is 7.52. The third-order valence-corrected chi connectivity index (χ3v) is 2.99. The van der Waals surface area contributed by atoms with Gasteiger partial charge in [0, 0.05) is 26.2 Å². The maximum atomic E-state index is 11.8. The summed E-state index contributed by atoms with van der Waals surface area (Å²) in [5.41, 5.74) is 1.16. The molecule has 0 unspecified atom stereocenters. The topological polar surface area (TPSA) is 32.8 Å². The number of benzene rings is 1. The Morgan fingerprint density at radius 2 is 1.71 bits per heavy atom. The molecule has 1 aromatic carbocycles. The number of ether oxygens (including phenoxy) is 1. The Hall–Kier alpha value is -1.55. The zero-order valence-corrected chi connectivity index (χ0v) is 10.3. The van der Waals surface area contributed by atoms with Crippen LogP contribution in [0.3, 0.4) is 0 Å². The molecule has 1 amide bonds. The lowest BCUT2D eigenvalue weighted by molar-refractivity contribution is 0.120. The molecule has 0 aromatic heterocycles. The molecule has 1 aliphatic heterocycles. The van der Waals surface area contributed by atoms with Gasteiger partial charge in [0.05, 0.1) is 0 Å². The van der Waals surface area contributed by atoms with Crippen LogP contribution in [0.4, 0.5) is 4.79 Å². The molecule has 0 N–H and O–H groups in total. The van der Waals surface area contributed by atoms with Gasteiger partial charge in [-0.05, 0) is 26.1 Å². The summed E-state index contributed by atoms with van der Waals surface area (Å²) in [5.74, 6) is 0.611. The van der Waals surface area contributed by atoms with Crippen LogP contribution in [-0.4, -0.2) is 49.1 Å². The Morgan fingerprint density at radius 1 is 1.12 bits per heavy atom. The Balaban J connectivity index is 1.90. The van der Waals surface area contributed by atoms with E-state index >= 15 is 0 Å². The molecule has 0 radical (unpaired) electrons. The van der Waals surface area contributed by atoms with Gasteiger partial charge in [-0.1, -0.05) is 17.7 Å². The summed E-state index contributed by atoms with van der Waals surface area (Å²) < 4.78 is 5.31. The van der Waals surface area contributed by atoms with Gasteiger partial charge in [0.2, 0.25) is 0 Å². The molecular weight excluding hydrogens is 216 g/mol. The average Bonchev–Trinajstić information content (AvgIpc) is 2.33. The SMILES string of the molecule is Cc1ccc(OC(=O)N2CCN(C)CC2)cc1. The number of aryl methyl sites for hydroxylation is 1. The first kappa shape index (κ1) is 11.9. The molecule has 0 atom stereocenters. The first-order chi connectivity index (χ1) is 8.15. The minimum absolute atomic E-state index is 0.248. The van der Waals surface area contributed by atoms with E-state index in [1.54, 1.807) is 4.90 Å². The van der Waals surface area contributed by atoms with E-state index < -0.39 is 0 Å². The van der Waals surface area contributed by atoms with E-state index in [4.69, 9.17) is 4.74 Å². The Morgan fingerprint density at radius 3 is 2.29 bits per heavy atom. The van der Waals surface area contributed by atoms with E-state index in [0.29, 0.717) is 5.75 Å². The van der Waals surface area contributed by atoms with E-state index in [-0.39, 0.29) is 6.09 Å². The van der Waals surface area contributed by atoms with Crippen molar-refractivity contribution in [3.63, 3.8) is 0 Å². The van der Waals surface area contributed by atoms with Gasteiger partial charge in [-0.15, -0.1) is 0 Å². The lowest BCUT2D eigenvalue weighted by Gasteiger charge is -2.31. The number of rotatable bonds is 1. The molecule has 4 nitrogen and oxygen atoms in total. The molecule has 17 heavy (non-hydrogen) atoms. The quantitative estimate of drug-likeness (QED) is 0.742. The maximum absolute atomic E-state index is 11.8. The van der Waals surface area contributed by atoms with Gasteiger partial charge in [-0.25, -0.2) is 4.79 Å². The highest BCUT2D eigenvalue weighted by Gasteiger charge is 2.20. The Labute approximate surface area is 102 Å². The van der Waals surface area contributed by atoms with Gasteiger partial charge in [0.1, 0.15) is 5.75 Å². The Bertz CT molecular complexity index is 381. The lowest BCUT2D eigenvalue weighted by Crippen LogP contribution is -2.48. The Kier molecular flexibility index (Phi) is 3.64. The van der Waals surface area contributed by atoms with E-state index in [1.807, 2.05) is 31.2 Å². The number of hydrogen-bond acceptors (Lipinski definition) is 3. The van der Waals surface area contributed by atoms with Crippen molar-refractivity contribution in [1.82, 2.24) is 9.80 Å². The predicted octanol–water partition coefficient (Wildman–Crippen LogP) is 1.74. The lowest BCUT2D eigenvalue weighted by atomic mass is 10.2. The van der Waals surface area contributed by atoms with Crippen LogP contribution in [0, 0.1) is 6.92 Å². The fourth-order valence-corrected chi connectivity index (χ4v) is 1.76. The largest absolute Gasteiger partial charge is 0.415 e. The fraction of sp³-hybridized carbons (Fsp3) is 0.462. The van der Waals surface area contributed by atoms with E-state index in [0.717, 1.165) is 31.7 Å². The number of nitrogens with zero attached hydrogens (tertiary/aromatic N) is 2. The van der Waals surface area contributed by atoms with Crippen molar-refractivity contribution in [3.05, 3.63) is 29.8 Å². The van der Waals surface area contributed by atoms with Gasteiger partial charge >= 0.3 is 6.09 Å². The van der Waals surface area contributed by atoms with Crippen LogP contribution in [0.5, 0.6) is 5.75 Å². The van der Waals surface area contributed by atoms with Crippen molar-refractivity contribution in [2.75, 3.05) is 33.2 Å². The third-order valence-electron chi connectivity index (χ3n) is 2.99. The summed E-state index contributed by atoms with van der Waals surface area (Å²) in [4.78, 5) is 15.8. The molecular formula is C13H18N2O2. The highest BCUT2D eigenvalue weighted by molar-refractivity contribution is 5.70. The summed E-state index contributed by atoms with van der Waals surface area (Å²) in [6.45, 7) is 5.29. The van der Waals surface area contributed by atoms with Crippen molar-refractivity contribution in [2.24, 2.45) is 0 Å². The zero-order valence-electron chi connectivity index (χ0n) is 10.3. The van der Waals surface area contributed by atoms with Crippen LogP contribution in [0.1, 0.15) is 5.56 Å². The number of carbonyl (C=O) groups is 1. The standard InChI is InChI=1S/C13H18N2O2/c1-11-3-5-12(6-4-11)17-13(16)15-9-7-14(2)8-10-15/h3-6H,7-10H2,1-2H3. The maximum Gasteiger partial charge on any atom is 0.415 e. The second kappa shape index (κ2) is 5.19. The number of piperazine rings is 1. The molecule has 92 valence electrons. The number of likely N-dealkylation sites (N-methyl/N-ethyl adjacent to an activating group) is 1.